The van der Waals surface area contributed by atoms with Crippen LogP contribution in [0.3, 0.4) is 0 Å². The van der Waals surface area contributed by atoms with Gasteiger partial charge < -0.3 is 0 Å². The number of unbranched alkanes of at least 4 members (excludes halogenated alkanes) is 1. The summed E-state index contributed by atoms with van der Waals surface area (Å²) in [6.45, 7) is 1.65. The van der Waals surface area contributed by atoms with Crippen LogP contribution in [-0.4, -0.2) is 19.5 Å². The van der Waals surface area contributed by atoms with Gasteiger partial charge in [-0.05, 0) is 6.42 Å². The molecule has 0 aromatic carbocycles. The molecule has 1 heterocycles. The highest BCUT2D eigenvalue weighted by atomic mass is 32.2. The van der Waals surface area contributed by atoms with Crippen molar-refractivity contribution in [3.8, 4) is 0 Å². The van der Waals surface area contributed by atoms with E-state index in [1.54, 1.807) is 6.92 Å². The van der Waals surface area contributed by atoms with Gasteiger partial charge in [0.05, 0.1) is 0 Å². The van der Waals surface area contributed by atoms with Crippen LogP contribution < -0.4 is 0 Å². The summed E-state index contributed by atoms with van der Waals surface area (Å²) in [6.07, 6.45) is -4.40. The molecule has 0 aromatic heterocycles. The topological polar surface area (TPSA) is 43.4 Å². The van der Waals surface area contributed by atoms with E-state index in [0.717, 1.165) is 0 Å². The van der Waals surface area contributed by atoms with Crippen LogP contribution >= 0.6 is 0 Å². The van der Waals surface area contributed by atoms with Gasteiger partial charge in [0.1, 0.15) is 0 Å². The third-order valence-corrected chi connectivity index (χ3v) is 3.56. The first-order valence-corrected chi connectivity index (χ1v) is 5.19. The molecule has 0 spiro atoms. The lowest BCUT2D eigenvalue weighted by Gasteiger charge is -2.39. The molecule has 0 aromatic rings. The molecule has 1 aliphatic rings. The quantitative estimate of drug-likeness (QED) is 0.678. The summed E-state index contributed by atoms with van der Waals surface area (Å²) in [5.74, 6) is 0. The summed E-state index contributed by atoms with van der Waals surface area (Å²) >= 11 is 0. The Hall–Kier alpha value is -0.300. The van der Waals surface area contributed by atoms with Gasteiger partial charge in [-0.25, -0.2) is 4.39 Å². The molecule has 0 amide bonds. The van der Waals surface area contributed by atoms with Crippen LogP contribution in [-0.2, 0) is 14.3 Å². The number of halogens is 3. The predicted molar refractivity (Wildman–Crippen MR) is 38.3 cm³/mol. The van der Waals surface area contributed by atoms with Gasteiger partial charge in [-0.1, -0.05) is 13.3 Å². The summed E-state index contributed by atoms with van der Waals surface area (Å²) in [6, 6.07) is 0. The molecule has 0 bridgehead atoms. The SMILES string of the molecule is CCCCC1(F)C(F)(F)OS1(=O)=O. The molecule has 1 fully saturated rings. The van der Waals surface area contributed by atoms with Crippen molar-refractivity contribution in [2.45, 2.75) is 37.3 Å². The second kappa shape index (κ2) is 2.84. The molecule has 7 heteroatoms. The van der Waals surface area contributed by atoms with E-state index < -0.39 is 27.6 Å². The second-order valence-electron chi connectivity index (χ2n) is 2.89. The summed E-state index contributed by atoms with van der Waals surface area (Å²) in [5, 5.41) is -3.52. The Bertz CT molecular complexity index is 300. The summed E-state index contributed by atoms with van der Waals surface area (Å²) in [5.41, 5.74) is 0. The van der Waals surface area contributed by atoms with Crippen LogP contribution in [0.25, 0.3) is 0 Å². The Morgan fingerprint density at radius 2 is 1.85 bits per heavy atom. The van der Waals surface area contributed by atoms with Crippen molar-refractivity contribution >= 4 is 10.1 Å². The molecular weight excluding hydrogens is 209 g/mol. The third kappa shape index (κ3) is 1.34. The minimum absolute atomic E-state index is 0.0781. The highest BCUT2D eigenvalue weighted by molar-refractivity contribution is 7.89. The first-order valence-electron chi connectivity index (χ1n) is 3.79. The first-order chi connectivity index (χ1) is 5.77. The lowest BCUT2D eigenvalue weighted by atomic mass is 10.1. The van der Waals surface area contributed by atoms with Crippen LogP contribution in [0.15, 0.2) is 0 Å². The molecular formula is C6H9F3O3S. The Kier molecular flexibility index (Phi) is 2.36. The van der Waals surface area contributed by atoms with Crippen molar-refractivity contribution in [1.82, 2.24) is 0 Å². The number of hydrogen-bond acceptors (Lipinski definition) is 3. The maximum Gasteiger partial charge on any atom is 0.420 e. The van der Waals surface area contributed by atoms with Crippen LogP contribution in [0.5, 0.6) is 0 Å². The fourth-order valence-corrected chi connectivity index (χ4v) is 2.20. The van der Waals surface area contributed by atoms with Gasteiger partial charge in [-0.15, -0.1) is 0 Å². The number of rotatable bonds is 3. The Balaban J connectivity index is 2.85. The Morgan fingerprint density at radius 1 is 1.31 bits per heavy atom. The molecule has 1 unspecified atom stereocenters. The monoisotopic (exact) mass is 218 g/mol. The van der Waals surface area contributed by atoms with E-state index in [-0.39, 0.29) is 6.42 Å². The van der Waals surface area contributed by atoms with Crippen molar-refractivity contribution < 1.29 is 25.8 Å². The van der Waals surface area contributed by atoms with Gasteiger partial charge in [-0.3, -0.25) is 0 Å². The first kappa shape index (κ1) is 10.8. The normalized spacial score (nSPS) is 35.4. The highest BCUT2D eigenvalue weighted by Crippen LogP contribution is 2.52. The fourth-order valence-electron chi connectivity index (χ4n) is 1.05. The van der Waals surface area contributed by atoms with Crippen LogP contribution in [0.2, 0.25) is 0 Å². The highest BCUT2D eigenvalue weighted by Gasteiger charge is 2.77. The Morgan fingerprint density at radius 3 is 2.15 bits per heavy atom. The molecule has 1 atom stereocenters. The molecule has 3 nitrogen and oxygen atoms in total. The molecule has 13 heavy (non-hydrogen) atoms. The van der Waals surface area contributed by atoms with E-state index in [0.29, 0.717) is 6.42 Å². The zero-order valence-electron chi connectivity index (χ0n) is 6.89. The number of alkyl halides is 3. The molecule has 78 valence electrons. The summed E-state index contributed by atoms with van der Waals surface area (Å²) in [7, 11) is -4.72. The molecule has 0 N–H and O–H groups in total. The second-order valence-corrected chi connectivity index (χ2v) is 4.61. The van der Waals surface area contributed by atoms with Crippen LogP contribution in [0, 0.1) is 0 Å². The van der Waals surface area contributed by atoms with E-state index in [2.05, 4.69) is 4.18 Å². The van der Waals surface area contributed by atoms with Gasteiger partial charge in [0.15, 0.2) is 0 Å². The zero-order valence-corrected chi connectivity index (χ0v) is 7.70. The predicted octanol–water partition coefficient (Wildman–Crippen LogP) is 1.80. The molecule has 1 saturated heterocycles. The van der Waals surface area contributed by atoms with Crippen molar-refractivity contribution in [2.75, 3.05) is 0 Å². The van der Waals surface area contributed by atoms with Crippen molar-refractivity contribution in [3.05, 3.63) is 0 Å². The van der Waals surface area contributed by atoms with Gasteiger partial charge in [-0.2, -0.15) is 21.4 Å². The maximum absolute atomic E-state index is 13.2. The van der Waals surface area contributed by atoms with Gasteiger partial charge in [0.25, 0.3) is 0 Å². The number of hydrogen-bond donors (Lipinski definition) is 0. The van der Waals surface area contributed by atoms with E-state index in [1.165, 1.54) is 0 Å². The molecule has 0 saturated carbocycles. The summed E-state index contributed by atoms with van der Waals surface area (Å²) < 4.78 is 62.4. The van der Waals surface area contributed by atoms with E-state index in [4.69, 9.17) is 0 Å². The minimum atomic E-state index is -4.72. The van der Waals surface area contributed by atoms with Gasteiger partial charge in [0.2, 0.25) is 0 Å². The van der Waals surface area contributed by atoms with Gasteiger partial charge in [0, 0.05) is 6.42 Å². The summed E-state index contributed by atoms with van der Waals surface area (Å²) in [4.78, 5) is 0. The largest absolute Gasteiger partial charge is 0.420 e. The Labute approximate surface area is 74.0 Å². The molecule has 0 radical (unpaired) electrons. The average Bonchev–Trinajstić information content (AvgIpc) is 1.97. The third-order valence-electron chi connectivity index (χ3n) is 1.90. The van der Waals surface area contributed by atoms with E-state index in [9.17, 15) is 21.6 Å². The molecule has 0 aliphatic carbocycles. The van der Waals surface area contributed by atoms with Crippen molar-refractivity contribution in [2.24, 2.45) is 0 Å². The van der Waals surface area contributed by atoms with Gasteiger partial charge >= 0.3 is 21.2 Å². The van der Waals surface area contributed by atoms with E-state index in [1.807, 2.05) is 0 Å². The smallest absolute Gasteiger partial charge is 0.214 e. The minimum Gasteiger partial charge on any atom is -0.214 e. The fraction of sp³-hybridized carbons (Fsp3) is 1.00. The van der Waals surface area contributed by atoms with Crippen molar-refractivity contribution in [3.63, 3.8) is 0 Å². The van der Waals surface area contributed by atoms with Crippen LogP contribution in [0.1, 0.15) is 26.2 Å². The average molecular weight is 218 g/mol. The lowest BCUT2D eigenvalue weighted by Crippen LogP contribution is -2.64. The molecule has 1 aliphatic heterocycles. The molecule has 1 rings (SSSR count). The standard InChI is InChI=1S/C6H9F3O3S/c1-2-3-4-5(7)6(8,9)12-13(5,10)11/h2-4H2,1H3. The van der Waals surface area contributed by atoms with Crippen molar-refractivity contribution in [1.29, 1.82) is 0 Å². The maximum atomic E-state index is 13.2. The van der Waals surface area contributed by atoms with E-state index >= 15 is 0 Å². The van der Waals surface area contributed by atoms with Crippen LogP contribution in [0.4, 0.5) is 13.2 Å². The lowest BCUT2D eigenvalue weighted by molar-refractivity contribution is -0.277. The zero-order chi connectivity index (χ0) is 10.3.